The molecule has 1 atom stereocenters. The van der Waals surface area contributed by atoms with E-state index in [1.165, 1.54) is 4.88 Å². The molecule has 2 N–H and O–H groups in total. The van der Waals surface area contributed by atoms with Crippen LogP contribution in [-0.2, 0) is 6.54 Å². The molecule has 80 valence electrons. The van der Waals surface area contributed by atoms with Gasteiger partial charge in [0, 0.05) is 24.2 Å². The highest BCUT2D eigenvalue weighted by molar-refractivity contribution is 7.11. The maximum Gasteiger partial charge on any atom is 0.0897 e. The Bertz CT molecular complexity index is 262. The monoisotopic (exact) mass is 214 g/mol. The van der Waals surface area contributed by atoms with Gasteiger partial charge in [0.05, 0.1) is 5.01 Å². The minimum absolute atomic E-state index is 0.280. The molecule has 0 aromatic carbocycles. The van der Waals surface area contributed by atoms with Gasteiger partial charge in [-0.3, -0.25) is 0 Å². The van der Waals surface area contributed by atoms with Crippen molar-refractivity contribution in [3.05, 3.63) is 16.1 Å². The zero-order valence-corrected chi connectivity index (χ0v) is 9.60. The first-order valence-electron chi connectivity index (χ1n) is 4.95. The molecule has 1 aromatic heterocycles. The molecule has 0 spiro atoms. The Morgan fingerprint density at radius 3 is 3.00 bits per heavy atom. The van der Waals surface area contributed by atoms with Crippen molar-refractivity contribution in [2.24, 2.45) is 5.92 Å². The first-order valence-corrected chi connectivity index (χ1v) is 5.77. The van der Waals surface area contributed by atoms with E-state index >= 15 is 0 Å². The third-order valence-corrected chi connectivity index (χ3v) is 3.00. The van der Waals surface area contributed by atoms with E-state index < -0.39 is 0 Å². The summed E-state index contributed by atoms with van der Waals surface area (Å²) in [7, 11) is 0. The standard InChI is InChI=1S/C10H18N2OS/c1-8(3-4-13)5-11-6-10-7-12-9(2)14-10/h7-8,11,13H,3-6H2,1-2H3. The van der Waals surface area contributed by atoms with Gasteiger partial charge in [0.1, 0.15) is 0 Å². The number of rotatable bonds is 6. The molecule has 1 aromatic rings. The van der Waals surface area contributed by atoms with E-state index in [0.717, 1.165) is 24.5 Å². The van der Waals surface area contributed by atoms with E-state index in [2.05, 4.69) is 17.2 Å². The number of hydrogen-bond acceptors (Lipinski definition) is 4. The Hall–Kier alpha value is -0.450. The fraction of sp³-hybridized carbons (Fsp3) is 0.700. The second-order valence-electron chi connectivity index (χ2n) is 3.59. The van der Waals surface area contributed by atoms with Crippen molar-refractivity contribution in [3.8, 4) is 0 Å². The zero-order valence-electron chi connectivity index (χ0n) is 8.79. The van der Waals surface area contributed by atoms with Crippen LogP contribution in [0.1, 0.15) is 23.2 Å². The van der Waals surface area contributed by atoms with Gasteiger partial charge in [0.2, 0.25) is 0 Å². The summed E-state index contributed by atoms with van der Waals surface area (Å²) in [6.45, 7) is 6.28. The van der Waals surface area contributed by atoms with Crippen molar-refractivity contribution in [3.63, 3.8) is 0 Å². The molecule has 0 aliphatic carbocycles. The molecule has 0 radical (unpaired) electrons. The smallest absolute Gasteiger partial charge is 0.0897 e. The molecule has 0 aliphatic rings. The van der Waals surface area contributed by atoms with Crippen molar-refractivity contribution in [1.29, 1.82) is 0 Å². The first kappa shape index (κ1) is 11.6. The average molecular weight is 214 g/mol. The number of nitrogens with zero attached hydrogens (tertiary/aromatic N) is 1. The van der Waals surface area contributed by atoms with Crippen LogP contribution in [0.25, 0.3) is 0 Å². The highest BCUT2D eigenvalue weighted by atomic mass is 32.1. The lowest BCUT2D eigenvalue weighted by atomic mass is 10.1. The zero-order chi connectivity index (χ0) is 10.4. The largest absolute Gasteiger partial charge is 0.396 e. The number of thiazole rings is 1. The van der Waals surface area contributed by atoms with Crippen LogP contribution in [-0.4, -0.2) is 23.2 Å². The van der Waals surface area contributed by atoms with Gasteiger partial charge in [0.15, 0.2) is 0 Å². The molecule has 1 unspecified atom stereocenters. The van der Waals surface area contributed by atoms with Crippen LogP contribution in [0.4, 0.5) is 0 Å². The number of hydrogen-bond donors (Lipinski definition) is 2. The van der Waals surface area contributed by atoms with Crippen LogP contribution in [0.3, 0.4) is 0 Å². The molecule has 1 rings (SSSR count). The van der Waals surface area contributed by atoms with Gasteiger partial charge < -0.3 is 10.4 Å². The van der Waals surface area contributed by atoms with E-state index in [9.17, 15) is 0 Å². The first-order chi connectivity index (χ1) is 6.72. The SMILES string of the molecule is Cc1ncc(CNCC(C)CCO)s1. The molecule has 1 heterocycles. The lowest BCUT2D eigenvalue weighted by molar-refractivity contribution is 0.260. The fourth-order valence-corrected chi connectivity index (χ4v) is 2.02. The lowest BCUT2D eigenvalue weighted by Crippen LogP contribution is -2.20. The Kier molecular flexibility index (Phi) is 5.07. The van der Waals surface area contributed by atoms with Crippen molar-refractivity contribution in [2.75, 3.05) is 13.2 Å². The van der Waals surface area contributed by atoms with E-state index in [0.29, 0.717) is 5.92 Å². The number of aromatic nitrogens is 1. The predicted molar refractivity (Wildman–Crippen MR) is 59.4 cm³/mol. The van der Waals surface area contributed by atoms with Crippen molar-refractivity contribution < 1.29 is 5.11 Å². The highest BCUT2D eigenvalue weighted by Crippen LogP contribution is 2.10. The molecule has 0 saturated heterocycles. The van der Waals surface area contributed by atoms with Crippen molar-refractivity contribution >= 4 is 11.3 Å². The number of aliphatic hydroxyl groups is 1. The van der Waals surface area contributed by atoms with Gasteiger partial charge in [-0.2, -0.15) is 0 Å². The summed E-state index contributed by atoms with van der Waals surface area (Å²) < 4.78 is 0. The maximum atomic E-state index is 8.72. The molecule has 14 heavy (non-hydrogen) atoms. The normalized spacial score (nSPS) is 13.1. The minimum Gasteiger partial charge on any atom is -0.396 e. The summed E-state index contributed by atoms with van der Waals surface area (Å²) in [5.74, 6) is 0.536. The van der Waals surface area contributed by atoms with Crippen LogP contribution in [0.5, 0.6) is 0 Å². The Balaban J connectivity index is 2.15. The van der Waals surface area contributed by atoms with Crippen LogP contribution < -0.4 is 5.32 Å². The predicted octanol–water partition coefficient (Wildman–Crippen LogP) is 1.56. The molecular weight excluding hydrogens is 196 g/mol. The number of aliphatic hydroxyl groups excluding tert-OH is 1. The summed E-state index contributed by atoms with van der Waals surface area (Å²) in [6, 6.07) is 0. The summed E-state index contributed by atoms with van der Waals surface area (Å²) in [4.78, 5) is 5.47. The quantitative estimate of drug-likeness (QED) is 0.755. The van der Waals surface area contributed by atoms with Gasteiger partial charge in [-0.25, -0.2) is 4.98 Å². The topological polar surface area (TPSA) is 45.2 Å². The van der Waals surface area contributed by atoms with Gasteiger partial charge in [-0.15, -0.1) is 11.3 Å². The Labute approximate surface area is 89.2 Å². The van der Waals surface area contributed by atoms with E-state index in [-0.39, 0.29) is 6.61 Å². The third-order valence-electron chi connectivity index (χ3n) is 2.08. The maximum absolute atomic E-state index is 8.72. The molecular formula is C10H18N2OS. The third kappa shape index (κ3) is 4.17. The van der Waals surface area contributed by atoms with E-state index in [1.807, 2.05) is 13.1 Å². The number of aryl methyl sites for hydroxylation is 1. The van der Waals surface area contributed by atoms with Gasteiger partial charge in [-0.1, -0.05) is 6.92 Å². The second kappa shape index (κ2) is 6.11. The number of nitrogens with one attached hydrogen (secondary N) is 1. The van der Waals surface area contributed by atoms with Crippen LogP contribution in [0, 0.1) is 12.8 Å². The Morgan fingerprint density at radius 2 is 2.43 bits per heavy atom. The van der Waals surface area contributed by atoms with Gasteiger partial charge in [-0.05, 0) is 25.8 Å². The second-order valence-corrected chi connectivity index (χ2v) is 4.91. The molecule has 0 saturated carbocycles. The molecule has 4 heteroatoms. The summed E-state index contributed by atoms with van der Waals surface area (Å²) in [5, 5.41) is 13.2. The fourth-order valence-electron chi connectivity index (χ4n) is 1.25. The molecule has 0 bridgehead atoms. The van der Waals surface area contributed by atoms with Crippen molar-refractivity contribution in [2.45, 2.75) is 26.8 Å². The highest BCUT2D eigenvalue weighted by Gasteiger charge is 2.01. The average Bonchev–Trinajstić information content (AvgIpc) is 2.52. The molecule has 0 amide bonds. The van der Waals surface area contributed by atoms with E-state index in [1.54, 1.807) is 11.3 Å². The van der Waals surface area contributed by atoms with Crippen LogP contribution in [0.15, 0.2) is 6.20 Å². The van der Waals surface area contributed by atoms with Crippen LogP contribution >= 0.6 is 11.3 Å². The summed E-state index contributed by atoms with van der Waals surface area (Å²) >= 11 is 1.73. The van der Waals surface area contributed by atoms with Crippen LogP contribution in [0.2, 0.25) is 0 Å². The summed E-state index contributed by atoms with van der Waals surface area (Å²) in [5.41, 5.74) is 0. The van der Waals surface area contributed by atoms with Gasteiger partial charge >= 0.3 is 0 Å². The van der Waals surface area contributed by atoms with E-state index in [4.69, 9.17) is 5.11 Å². The minimum atomic E-state index is 0.280. The van der Waals surface area contributed by atoms with Gasteiger partial charge in [0.25, 0.3) is 0 Å². The van der Waals surface area contributed by atoms with Crippen molar-refractivity contribution in [1.82, 2.24) is 10.3 Å². The Morgan fingerprint density at radius 1 is 1.64 bits per heavy atom. The molecule has 0 fully saturated rings. The summed E-state index contributed by atoms with van der Waals surface area (Å²) in [6.07, 6.45) is 2.79. The lowest BCUT2D eigenvalue weighted by Gasteiger charge is -2.09. The molecule has 3 nitrogen and oxygen atoms in total. The molecule has 0 aliphatic heterocycles.